The third-order valence-electron chi connectivity index (χ3n) is 4.56. The van der Waals surface area contributed by atoms with Crippen LogP contribution >= 0.6 is 22.9 Å². The number of sulfonamides is 1. The molecule has 0 unspecified atom stereocenters. The number of aromatic nitrogens is 1. The van der Waals surface area contributed by atoms with E-state index in [1.165, 1.54) is 19.2 Å². The summed E-state index contributed by atoms with van der Waals surface area (Å²) in [6.45, 7) is 0.377. The van der Waals surface area contributed by atoms with Gasteiger partial charge < -0.3 is 4.74 Å². The van der Waals surface area contributed by atoms with Crippen molar-refractivity contribution < 1.29 is 13.2 Å². The van der Waals surface area contributed by atoms with E-state index in [-0.39, 0.29) is 9.77 Å². The van der Waals surface area contributed by atoms with Crippen LogP contribution in [0.15, 0.2) is 76.4 Å². The number of para-hydroxylation sites is 2. The minimum Gasteiger partial charge on any atom is -0.495 e. The lowest BCUT2D eigenvalue weighted by Crippen LogP contribution is -2.14. The van der Waals surface area contributed by atoms with Crippen molar-refractivity contribution in [2.24, 2.45) is 0 Å². The molecule has 4 rings (SSSR count). The summed E-state index contributed by atoms with van der Waals surface area (Å²) in [5.41, 5.74) is 1.94. The highest BCUT2D eigenvalue weighted by Crippen LogP contribution is 2.28. The van der Waals surface area contributed by atoms with E-state index < -0.39 is 10.0 Å². The average Bonchev–Trinajstić information content (AvgIpc) is 3.04. The number of anilines is 1. The first-order valence-corrected chi connectivity index (χ1v) is 11.6. The van der Waals surface area contributed by atoms with Crippen molar-refractivity contribution in [3.63, 3.8) is 0 Å². The molecule has 3 aromatic carbocycles. The third kappa shape index (κ3) is 4.07. The first kappa shape index (κ1) is 20.5. The molecule has 0 bridgehead atoms. The maximum atomic E-state index is 12.9. The van der Waals surface area contributed by atoms with Gasteiger partial charge in [-0.25, -0.2) is 8.42 Å². The number of methoxy groups -OCH3 is 1. The van der Waals surface area contributed by atoms with Crippen molar-refractivity contribution in [1.82, 2.24) is 4.57 Å². The Morgan fingerprint density at radius 2 is 1.80 bits per heavy atom. The first-order chi connectivity index (χ1) is 14.4. The number of fused-ring (bicyclic) bond motifs is 1. The van der Waals surface area contributed by atoms with E-state index >= 15 is 0 Å². The zero-order valence-corrected chi connectivity index (χ0v) is 18.2. The van der Waals surface area contributed by atoms with E-state index in [9.17, 15) is 13.2 Å². The van der Waals surface area contributed by atoms with Crippen LogP contribution in [-0.2, 0) is 16.6 Å². The Morgan fingerprint density at radius 3 is 2.53 bits per heavy atom. The van der Waals surface area contributed by atoms with Gasteiger partial charge in [-0.2, -0.15) is 0 Å². The van der Waals surface area contributed by atoms with E-state index in [0.717, 1.165) is 16.9 Å². The van der Waals surface area contributed by atoms with Crippen molar-refractivity contribution in [2.45, 2.75) is 11.4 Å². The highest BCUT2D eigenvalue weighted by molar-refractivity contribution is 7.92. The van der Waals surface area contributed by atoms with E-state index in [4.69, 9.17) is 16.3 Å². The van der Waals surface area contributed by atoms with Gasteiger partial charge in [-0.15, -0.1) is 0 Å². The van der Waals surface area contributed by atoms with Crippen LogP contribution in [0, 0.1) is 0 Å². The molecule has 0 fully saturated rings. The van der Waals surface area contributed by atoms with Crippen LogP contribution in [0.1, 0.15) is 5.56 Å². The van der Waals surface area contributed by atoms with Crippen LogP contribution in [0.3, 0.4) is 0 Å². The highest BCUT2D eigenvalue weighted by Gasteiger charge is 2.18. The standard InChI is InChI=1S/C21H17ClN2O4S2/c1-28-19-5-3-2-4-17(19)23-30(26,27)16-10-11-18-20(12-16)29-21(25)24(18)13-14-6-8-15(22)9-7-14/h2-12,23H,13H2,1H3. The van der Waals surface area contributed by atoms with Crippen LogP contribution in [0.2, 0.25) is 5.02 Å². The lowest BCUT2D eigenvalue weighted by molar-refractivity contribution is 0.417. The van der Waals surface area contributed by atoms with Gasteiger partial charge in [0.05, 0.1) is 34.5 Å². The van der Waals surface area contributed by atoms with Gasteiger partial charge in [-0.3, -0.25) is 14.1 Å². The zero-order valence-electron chi connectivity index (χ0n) is 15.8. The summed E-state index contributed by atoms with van der Waals surface area (Å²) < 4.78 is 35.7. The smallest absolute Gasteiger partial charge is 0.308 e. The van der Waals surface area contributed by atoms with Gasteiger partial charge in [0.25, 0.3) is 10.0 Å². The predicted octanol–water partition coefficient (Wildman–Crippen LogP) is 4.57. The summed E-state index contributed by atoms with van der Waals surface area (Å²) in [5.74, 6) is 0.418. The fourth-order valence-electron chi connectivity index (χ4n) is 3.07. The molecule has 30 heavy (non-hydrogen) atoms. The fourth-order valence-corrected chi connectivity index (χ4v) is 5.30. The maximum Gasteiger partial charge on any atom is 0.308 e. The predicted molar refractivity (Wildman–Crippen MR) is 120 cm³/mol. The number of nitrogens with zero attached hydrogens (tertiary/aromatic N) is 1. The van der Waals surface area contributed by atoms with Gasteiger partial charge >= 0.3 is 4.87 Å². The van der Waals surface area contributed by atoms with E-state index in [0.29, 0.717) is 33.2 Å². The van der Waals surface area contributed by atoms with Crippen molar-refractivity contribution in [1.29, 1.82) is 0 Å². The molecule has 1 N–H and O–H groups in total. The van der Waals surface area contributed by atoms with Crippen LogP contribution < -0.4 is 14.3 Å². The molecular weight excluding hydrogens is 444 g/mol. The minimum absolute atomic E-state index is 0.0702. The van der Waals surface area contributed by atoms with Crippen molar-refractivity contribution in [2.75, 3.05) is 11.8 Å². The molecule has 1 aromatic heterocycles. The molecule has 4 aromatic rings. The molecule has 0 spiro atoms. The highest BCUT2D eigenvalue weighted by atomic mass is 35.5. The number of thiazole rings is 1. The van der Waals surface area contributed by atoms with Crippen molar-refractivity contribution in [3.8, 4) is 5.75 Å². The van der Waals surface area contributed by atoms with Crippen molar-refractivity contribution >= 4 is 48.9 Å². The van der Waals surface area contributed by atoms with Crippen LogP contribution in [-0.4, -0.2) is 20.1 Å². The summed E-state index contributed by atoms with van der Waals surface area (Å²) in [5, 5.41) is 0.624. The number of ether oxygens (including phenoxy) is 1. The van der Waals surface area contributed by atoms with Gasteiger partial charge in [-0.1, -0.05) is 47.2 Å². The molecular formula is C21H17ClN2O4S2. The lowest BCUT2D eigenvalue weighted by atomic mass is 10.2. The minimum atomic E-state index is -3.85. The summed E-state index contributed by atoms with van der Waals surface area (Å²) >= 11 is 6.93. The van der Waals surface area contributed by atoms with Crippen LogP contribution in [0.4, 0.5) is 5.69 Å². The topological polar surface area (TPSA) is 77.4 Å². The molecule has 0 aliphatic carbocycles. The molecule has 0 radical (unpaired) electrons. The molecule has 1 heterocycles. The molecule has 154 valence electrons. The second kappa shape index (κ2) is 8.14. The van der Waals surface area contributed by atoms with E-state index in [1.807, 2.05) is 12.1 Å². The third-order valence-corrected chi connectivity index (χ3v) is 7.11. The Hall–Kier alpha value is -2.81. The Morgan fingerprint density at radius 1 is 1.07 bits per heavy atom. The largest absolute Gasteiger partial charge is 0.495 e. The van der Waals surface area contributed by atoms with Gasteiger partial charge in [0.2, 0.25) is 0 Å². The SMILES string of the molecule is COc1ccccc1NS(=O)(=O)c1ccc2c(c1)sc(=O)n2Cc1ccc(Cl)cc1. The Balaban J connectivity index is 1.68. The number of hydrogen-bond acceptors (Lipinski definition) is 5. The first-order valence-electron chi connectivity index (χ1n) is 8.91. The van der Waals surface area contributed by atoms with Gasteiger partial charge in [0.1, 0.15) is 5.75 Å². The summed E-state index contributed by atoms with van der Waals surface area (Å²) in [4.78, 5) is 12.4. The monoisotopic (exact) mass is 460 g/mol. The number of rotatable bonds is 6. The molecule has 0 atom stereocenters. The van der Waals surface area contributed by atoms with Gasteiger partial charge in [0, 0.05) is 5.02 Å². The second-order valence-electron chi connectivity index (χ2n) is 6.52. The summed E-state index contributed by atoms with van der Waals surface area (Å²) in [6.07, 6.45) is 0. The van der Waals surface area contributed by atoms with E-state index in [1.54, 1.807) is 47.0 Å². The number of halogens is 1. The Bertz CT molecular complexity index is 1380. The molecule has 0 aliphatic heterocycles. The number of hydrogen-bond donors (Lipinski definition) is 1. The molecule has 0 aliphatic rings. The Kier molecular flexibility index (Phi) is 5.55. The van der Waals surface area contributed by atoms with E-state index in [2.05, 4.69) is 4.72 Å². The molecule has 0 saturated heterocycles. The zero-order chi connectivity index (χ0) is 21.3. The lowest BCUT2D eigenvalue weighted by Gasteiger charge is -2.12. The quantitative estimate of drug-likeness (QED) is 0.457. The van der Waals surface area contributed by atoms with Gasteiger partial charge in [-0.05, 0) is 48.0 Å². The van der Waals surface area contributed by atoms with Gasteiger partial charge in [0.15, 0.2) is 0 Å². The van der Waals surface area contributed by atoms with Crippen molar-refractivity contribution in [3.05, 3.63) is 87.0 Å². The number of nitrogens with one attached hydrogen (secondary N) is 1. The second-order valence-corrected chi connectivity index (χ2v) is 9.63. The molecule has 6 nitrogen and oxygen atoms in total. The number of benzene rings is 3. The normalized spacial score (nSPS) is 11.5. The van der Waals surface area contributed by atoms with Crippen LogP contribution in [0.5, 0.6) is 5.75 Å². The Labute approximate surface area is 182 Å². The summed E-state index contributed by atoms with van der Waals surface area (Å²) in [7, 11) is -2.38. The molecule has 0 saturated carbocycles. The fraction of sp³-hybridized carbons (Fsp3) is 0.0952. The maximum absolute atomic E-state index is 12.9. The summed E-state index contributed by atoms with van der Waals surface area (Å²) in [6, 6.07) is 18.7. The van der Waals surface area contributed by atoms with Crippen LogP contribution in [0.25, 0.3) is 10.2 Å². The molecule has 0 amide bonds. The average molecular weight is 461 g/mol. The molecule has 9 heteroatoms.